The Balaban J connectivity index is 0.000000896. The SMILES string of the molecule is CCCNC=O.CCCc1ccc(CC(=O)NC(C)CCC(=O)O)cc1. The number of carbonyl (C=O) groups excluding carboxylic acids is 2. The second kappa shape index (κ2) is 14.9. The minimum absolute atomic E-state index is 0.0638. The highest BCUT2D eigenvalue weighted by Crippen LogP contribution is 2.07. The average Bonchev–Trinajstić information content (AvgIpc) is 2.60. The van der Waals surface area contributed by atoms with E-state index in [4.69, 9.17) is 5.11 Å². The highest BCUT2D eigenvalue weighted by Gasteiger charge is 2.09. The number of carboxylic acid groups (broad SMARTS) is 1. The van der Waals surface area contributed by atoms with Gasteiger partial charge in [0.25, 0.3) is 0 Å². The normalized spacial score (nSPS) is 10.9. The summed E-state index contributed by atoms with van der Waals surface area (Å²) in [5.41, 5.74) is 2.26. The highest BCUT2D eigenvalue weighted by atomic mass is 16.4. The Hall–Kier alpha value is -2.37. The molecule has 0 aliphatic rings. The molecule has 6 nitrogen and oxygen atoms in total. The third kappa shape index (κ3) is 13.0. The van der Waals surface area contributed by atoms with E-state index >= 15 is 0 Å². The van der Waals surface area contributed by atoms with Gasteiger partial charge in [-0.1, -0.05) is 44.5 Å². The van der Waals surface area contributed by atoms with Gasteiger partial charge in [-0.05, 0) is 37.3 Å². The van der Waals surface area contributed by atoms with Crippen LogP contribution in [-0.2, 0) is 27.2 Å². The molecule has 0 aliphatic carbocycles. The number of aliphatic carboxylic acids is 1. The minimum Gasteiger partial charge on any atom is -0.481 e. The molecule has 1 unspecified atom stereocenters. The van der Waals surface area contributed by atoms with Gasteiger partial charge in [0.05, 0.1) is 6.42 Å². The lowest BCUT2D eigenvalue weighted by molar-refractivity contribution is -0.137. The van der Waals surface area contributed by atoms with Crippen LogP contribution in [0.15, 0.2) is 24.3 Å². The lowest BCUT2D eigenvalue weighted by atomic mass is 10.1. The molecular formula is C20H32N2O4. The molecule has 0 aliphatic heterocycles. The van der Waals surface area contributed by atoms with Gasteiger partial charge in [0.2, 0.25) is 12.3 Å². The van der Waals surface area contributed by atoms with Crippen LogP contribution in [0.4, 0.5) is 0 Å². The molecule has 146 valence electrons. The van der Waals surface area contributed by atoms with Gasteiger partial charge in [-0.2, -0.15) is 0 Å². The molecule has 0 spiro atoms. The van der Waals surface area contributed by atoms with Gasteiger partial charge in [-0.15, -0.1) is 0 Å². The highest BCUT2D eigenvalue weighted by molar-refractivity contribution is 5.78. The fourth-order valence-corrected chi connectivity index (χ4v) is 2.24. The van der Waals surface area contributed by atoms with Crippen LogP contribution in [0, 0.1) is 0 Å². The topological polar surface area (TPSA) is 95.5 Å². The molecule has 0 heterocycles. The number of benzene rings is 1. The fourth-order valence-electron chi connectivity index (χ4n) is 2.24. The van der Waals surface area contributed by atoms with Gasteiger partial charge in [0.15, 0.2) is 0 Å². The maximum absolute atomic E-state index is 11.8. The quantitative estimate of drug-likeness (QED) is 0.415. The molecule has 1 aromatic rings. The molecule has 3 N–H and O–H groups in total. The second-order valence-electron chi connectivity index (χ2n) is 6.22. The molecule has 6 heteroatoms. The number of rotatable bonds is 11. The van der Waals surface area contributed by atoms with E-state index in [1.807, 2.05) is 26.0 Å². The zero-order valence-corrected chi connectivity index (χ0v) is 16.1. The zero-order valence-electron chi connectivity index (χ0n) is 16.1. The van der Waals surface area contributed by atoms with Crippen LogP contribution in [0.25, 0.3) is 0 Å². The number of amides is 2. The number of nitrogens with one attached hydrogen (secondary N) is 2. The molecule has 1 aromatic carbocycles. The average molecular weight is 364 g/mol. The summed E-state index contributed by atoms with van der Waals surface area (Å²) >= 11 is 0. The van der Waals surface area contributed by atoms with Gasteiger partial charge in [-0.25, -0.2) is 0 Å². The predicted octanol–water partition coefficient (Wildman–Crippen LogP) is 2.69. The van der Waals surface area contributed by atoms with E-state index in [-0.39, 0.29) is 18.4 Å². The smallest absolute Gasteiger partial charge is 0.303 e. The summed E-state index contributed by atoms with van der Waals surface area (Å²) in [6.45, 7) is 6.77. The van der Waals surface area contributed by atoms with Crippen LogP contribution in [0.5, 0.6) is 0 Å². The fraction of sp³-hybridized carbons (Fsp3) is 0.550. The Morgan fingerprint density at radius 1 is 1.12 bits per heavy atom. The molecule has 2 amide bonds. The number of carbonyl (C=O) groups is 3. The van der Waals surface area contributed by atoms with Crippen LogP contribution < -0.4 is 10.6 Å². The van der Waals surface area contributed by atoms with Gasteiger partial charge in [0, 0.05) is 19.0 Å². The van der Waals surface area contributed by atoms with Crippen LogP contribution >= 0.6 is 0 Å². The summed E-state index contributed by atoms with van der Waals surface area (Å²) in [5.74, 6) is -0.899. The van der Waals surface area contributed by atoms with Gasteiger partial charge < -0.3 is 15.7 Å². The number of carboxylic acids is 1. The van der Waals surface area contributed by atoms with Crippen LogP contribution in [0.1, 0.15) is 57.6 Å². The summed E-state index contributed by atoms with van der Waals surface area (Å²) in [6.07, 6.45) is 4.76. The molecule has 1 rings (SSSR count). The van der Waals surface area contributed by atoms with E-state index in [0.29, 0.717) is 19.3 Å². The van der Waals surface area contributed by atoms with E-state index in [0.717, 1.165) is 31.4 Å². The monoisotopic (exact) mass is 364 g/mol. The second-order valence-corrected chi connectivity index (χ2v) is 6.22. The summed E-state index contributed by atoms with van der Waals surface area (Å²) in [4.78, 5) is 31.7. The molecule has 0 aromatic heterocycles. The molecule has 1 atom stereocenters. The Bertz CT molecular complexity index is 529. The summed E-state index contributed by atoms with van der Waals surface area (Å²) in [6, 6.07) is 7.96. The van der Waals surface area contributed by atoms with Crippen molar-refractivity contribution < 1.29 is 19.5 Å². The first-order valence-corrected chi connectivity index (χ1v) is 9.18. The van der Waals surface area contributed by atoms with Crippen molar-refractivity contribution in [1.82, 2.24) is 10.6 Å². The Labute approximate surface area is 156 Å². The van der Waals surface area contributed by atoms with Crippen molar-refractivity contribution in [2.24, 2.45) is 0 Å². The van der Waals surface area contributed by atoms with Crippen LogP contribution in [0.3, 0.4) is 0 Å². The maximum atomic E-state index is 11.8. The number of hydrogen-bond donors (Lipinski definition) is 3. The largest absolute Gasteiger partial charge is 0.481 e. The molecule has 26 heavy (non-hydrogen) atoms. The zero-order chi connectivity index (χ0) is 19.8. The van der Waals surface area contributed by atoms with Gasteiger partial charge >= 0.3 is 5.97 Å². The Morgan fingerprint density at radius 3 is 2.19 bits per heavy atom. The van der Waals surface area contributed by atoms with Crippen molar-refractivity contribution in [3.63, 3.8) is 0 Å². The maximum Gasteiger partial charge on any atom is 0.303 e. The van der Waals surface area contributed by atoms with Crippen molar-refractivity contribution in [2.45, 2.75) is 65.3 Å². The van der Waals surface area contributed by atoms with Gasteiger partial charge in [0.1, 0.15) is 0 Å². The van der Waals surface area contributed by atoms with E-state index in [1.54, 1.807) is 0 Å². The molecule has 0 saturated carbocycles. The lowest BCUT2D eigenvalue weighted by Gasteiger charge is -2.12. The van der Waals surface area contributed by atoms with E-state index in [1.165, 1.54) is 5.56 Å². The van der Waals surface area contributed by atoms with Crippen LogP contribution in [-0.4, -0.2) is 36.0 Å². The first-order valence-electron chi connectivity index (χ1n) is 9.18. The Morgan fingerprint density at radius 2 is 1.73 bits per heavy atom. The molecule has 0 fully saturated rings. The van der Waals surface area contributed by atoms with E-state index < -0.39 is 5.97 Å². The molecule has 0 bridgehead atoms. The summed E-state index contributed by atoms with van der Waals surface area (Å²) in [5, 5.41) is 13.9. The van der Waals surface area contributed by atoms with Crippen molar-refractivity contribution in [1.29, 1.82) is 0 Å². The first-order chi connectivity index (χ1) is 12.4. The minimum atomic E-state index is -0.836. The van der Waals surface area contributed by atoms with Crippen molar-refractivity contribution >= 4 is 18.3 Å². The summed E-state index contributed by atoms with van der Waals surface area (Å²) < 4.78 is 0. The van der Waals surface area contributed by atoms with Crippen LogP contribution in [0.2, 0.25) is 0 Å². The molecule has 0 radical (unpaired) electrons. The standard InChI is InChI=1S/C16H23NO3.C4H9NO/c1-3-4-13-6-8-14(9-7-13)11-15(18)17-12(2)5-10-16(19)20;1-2-3-5-4-6/h6-9,12H,3-5,10-11H2,1-2H3,(H,17,18)(H,19,20);4H,2-3H2,1H3,(H,5,6). The lowest BCUT2D eigenvalue weighted by Crippen LogP contribution is -2.34. The predicted molar refractivity (Wildman–Crippen MR) is 103 cm³/mol. The summed E-state index contributed by atoms with van der Waals surface area (Å²) in [7, 11) is 0. The number of aryl methyl sites for hydroxylation is 1. The van der Waals surface area contributed by atoms with E-state index in [9.17, 15) is 14.4 Å². The van der Waals surface area contributed by atoms with Crippen molar-refractivity contribution in [3.05, 3.63) is 35.4 Å². The van der Waals surface area contributed by atoms with Gasteiger partial charge in [-0.3, -0.25) is 14.4 Å². The third-order valence-electron chi connectivity index (χ3n) is 3.60. The van der Waals surface area contributed by atoms with E-state index in [2.05, 4.69) is 29.7 Å². The molecular weight excluding hydrogens is 332 g/mol. The molecule has 0 saturated heterocycles. The Kier molecular flexibility index (Phi) is 13.6. The number of hydrogen-bond acceptors (Lipinski definition) is 3. The first kappa shape index (κ1) is 23.6. The van der Waals surface area contributed by atoms with Crippen molar-refractivity contribution in [3.8, 4) is 0 Å². The third-order valence-corrected chi connectivity index (χ3v) is 3.60. The van der Waals surface area contributed by atoms with Crippen molar-refractivity contribution in [2.75, 3.05) is 6.54 Å².